The van der Waals surface area contributed by atoms with Crippen LogP contribution < -0.4 is 0 Å². The number of halogens is 4. The second-order valence-corrected chi connectivity index (χ2v) is 9.03. The first-order valence-electron chi connectivity index (χ1n) is 7.82. The molecular weight excluding hydrogens is 435 g/mol. The minimum absolute atomic E-state index is 0.169. The number of aromatic nitrogens is 1. The Bertz CT molecular complexity index is 885. The van der Waals surface area contributed by atoms with E-state index >= 15 is 0 Å². The number of pyridine rings is 1. The van der Waals surface area contributed by atoms with Crippen LogP contribution in [0, 0.1) is 0 Å². The van der Waals surface area contributed by atoms with Crippen molar-refractivity contribution < 1.29 is 26.3 Å². The molecule has 0 N–H and O–H groups in total. The van der Waals surface area contributed by atoms with Crippen LogP contribution in [0.1, 0.15) is 30.1 Å². The molecule has 1 aromatic carbocycles. The Morgan fingerprint density at radius 2 is 1.96 bits per heavy atom. The van der Waals surface area contributed by atoms with Crippen LogP contribution in [0.25, 0.3) is 0 Å². The Balaban J connectivity index is 1.86. The van der Waals surface area contributed by atoms with Crippen LogP contribution >= 0.6 is 15.9 Å². The lowest BCUT2D eigenvalue weighted by Gasteiger charge is -2.29. The number of hydrogen-bond donors (Lipinski definition) is 0. The fourth-order valence-electron chi connectivity index (χ4n) is 2.90. The third-order valence-electron chi connectivity index (χ3n) is 4.29. The highest BCUT2D eigenvalue weighted by Crippen LogP contribution is 2.36. The predicted octanol–water partition coefficient (Wildman–Crippen LogP) is 4.56. The fraction of sp³-hybridized carbons (Fsp3) is 0.353. The van der Waals surface area contributed by atoms with Crippen LogP contribution in [0.2, 0.25) is 0 Å². The molecule has 26 heavy (non-hydrogen) atoms. The van der Waals surface area contributed by atoms with E-state index in [0.29, 0.717) is 10.7 Å². The first-order chi connectivity index (χ1) is 12.2. The molecular formula is C17H15BrF3NO3S. The van der Waals surface area contributed by atoms with Gasteiger partial charge in [-0.1, -0.05) is 12.1 Å². The number of rotatable bonds is 3. The summed E-state index contributed by atoms with van der Waals surface area (Å²) in [6.45, 7) is 0.212. The summed E-state index contributed by atoms with van der Waals surface area (Å²) in [7, 11) is -3.90. The van der Waals surface area contributed by atoms with Crippen LogP contribution in [0.15, 0.2) is 52.1 Å². The molecule has 2 aromatic rings. The predicted molar refractivity (Wildman–Crippen MR) is 92.3 cm³/mol. The van der Waals surface area contributed by atoms with Crippen molar-refractivity contribution in [3.05, 3.63) is 58.3 Å². The third-order valence-corrected chi connectivity index (χ3v) is 6.97. The maximum absolute atomic E-state index is 12.9. The van der Waals surface area contributed by atoms with Gasteiger partial charge in [0.1, 0.15) is 4.60 Å². The number of hydrogen-bond acceptors (Lipinski definition) is 4. The van der Waals surface area contributed by atoms with Crippen LogP contribution in [0.5, 0.6) is 0 Å². The molecule has 2 heterocycles. The van der Waals surface area contributed by atoms with Gasteiger partial charge in [0, 0.05) is 12.8 Å². The molecule has 2 atom stereocenters. The smallest absolute Gasteiger partial charge is 0.373 e. The Morgan fingerprint density at radius 3 is 2.62 bits per heavy atom. The molecule has 0 aliphatic carbocycles. The van der Waals surface area contributed by atoms with E-state index in [1.165, 1.54) is 6.07 Å². The summed E-state index contributed by atoms with van der Waals surface area (Å²) < 4.78 is 70.7. The largest absolute Gasteiger partial charge is 0.416 e. The molecule has 0 saturated carbocycles. The van der Waals surface area contributed by atoms with Crippen molar-refractivity contribution in [2.45, 2.75) is 35.3 Å². The molecule has 0 radical (unpaired) electrons. The van der Waals surface area contributed by atoms with Gasteiger partial charge in [-0.05, 0) is 58.6 Å². The highest BCUT2D eigenvalue weighted by atomic mass is 79.9. The lowest BCUT2D eigenvalue weighted by atomic mass is 10.0. The molecule has 1 fully saturated rings. The van der Waals surface area contributed by atoms with Gasteiger partial charge in [0.05, 0.1) is 21.8 Å². The maximum Gasteiger partial charge on any atom is 0.416 e. The number of alkyl halides is 3. The van der Waals surface area contributed by atoms with E-state index < -0.39 is 32.9 Å². The van der Waals surface area contributed by atoms with Crippen molar-refractivity contribution in [3.63, 3.8) is 0 Å². The van der Waals surface area contributed by atoms with Crippen LogP contribution in [0.3, 0.4) is 0 Å². The molecule has 4 nitrogen and oxygen atoms in total. The van der Waals surface area contributed by atoms with Crippen LogP contribution in [-0.4, -0.2) is 25.3 Å². The van der Waals surface area contributed by atoms with Crippen molar-refractivity contribution >= 4 is 25.8 Å². The van der Waals surface area contributed by atoms with E-state index in [4.69, 9.17) is 4.74 Å². The van der Waals surface area contributed by atoms with Gasteiger partial charge in [-0.25, -0.2) is 13.4 Å². The second-order valence-electron chi connectivity index (χ2n) is 5.99. The molecule has 0 bridgehead atoms. The van der Waals surface area contributed by atoms with Gasteiger partial charge >= 0.3 is 6.18 Å². The maximum atomic E-state index is 12.9. The Hall–Kier alpha value is -1.45. The van der Waals surface area contributed by atoms with E-state index in [-0.39, 0.29) is 24.3 Å². The highest BCUT2D eigenvalue weighted by molar-refractivity contribution is 9.10. The number of sulfone groups is 1. The summed E-state index contributed by atoms with van der Waals surface area (Å²) in [4.78, 5) is 3.79. The van der Waals surface area contributed by atoms with Crippen LogP contribution in [0.4, 0.5) is 13.2 Å². The van der Waals surface area contributed by atoms with Gasteiger partial charge in [0.2, 0.25) is 0 Å². The summed E-state index contributed by atoms with van der Waals surface area (Å²) in [6, 6.07) is 7.38. The molecule has 1 aliphatic heterocycles. The monoisotopic (exact) mass is 449 g/mol. The first kappa shape index (κ1) is 19.3. The molecule has 140 valence electrons. The molecule has 9 heteroatoms. The molecule has 1 saturated heterocycles. The van der Waals surface area contributed by atoms with E-state index in [1.807, 2.05) is 0 Å². The van der Waals surface area contributed by atoms with Crippen molar-refractivity contribution in [2.24, 2.45) is 0 Å². The lowest BCUT2D eigenvalue weighted by molar-refractivity contribution is -0.137. The normalized spacial score (nSPS) is 21.5. The Kier molecular flexibility index (Phi) is 5.41. The van der Waals surface area contributed by atoms with Gasteiger partial charge in [-0.2, -0.15) is 13.2 Å². The lowest BCUT2D eigenvalue weighted by Crippen LogP contribution is -2.31. The zero-order valence-electron chi connectivity index (χ0n) is 13.4. The highest BCUT2D eigenvalue weighted by Gasteiger charge is 2.36. The topological polar surface area (TPSA) is 56.3 Å². The Labute approximate surface area is 157 Å². The minimum Gasteiger partial charge on any atom is -0.373 e. The average molecular weight is 450 g/mol. The van der Waals surface area contributed by atoms with Gasteiger partial charge in [0.15, 0.2) is 9.84 Å². The molecule has 0 amide bonds. The van der Waals surface area contributed by atoms with Gasteiger partial charge in [-0.15, -0.1) is 0 Å². The zero-order chi connectivity index (χ0) is 18.9. The summed E-state index contributed by atoms with van der Waals surface area (Å²) in [6.07, 6.45) is -3.06. The molecule has 3 rings (SSSR count). The number of benzene rings is 1. The summed E-state index contributed by atoms with van der Waals surface area (Å²) >= 11 is 3.23. The van der Waals surface area contributed by atoms with Gasteiger partial charge < -0.3 is 4.74 Å². The van der Waals surface area contributed by atoms with E-state index in [1.54, 1.807) is 18.3 Å². The van der Waals surface area contributed by atoms with Crippen LogP contribution in [-0.2, 0) is 20.8 Å². The summed E-state index contributed by atoms with van der Waals surface area (Å²) in [5.74, 6) is 0. The molecule has 1 aliphatic rings. The van der Waals surface area contributed by atoms with Gasteiger partial charge in [0.25, 0.3) is 0 Å². The third kappa shape index (κ3) is 4.10. The average Bonchev–Trinajstić information content (AvgIpc) is 2.62. The zero-order valence-corrected chi connectivity index (χ0v) is 15.8. The van der Waals surface area contributed by atoms with E-state index in [2.05, 4.69) is 20.9 Å². The molecule has 2 unspecified atom stereocenters. The van der Waals surface area contributed by atoms with Crippen molar-refractivity contribution in [2.75, 3.05) is 6.61 Å². The SMILES string of the molecule is O=S(=O)(c1cccc(C(F)(F)F)c1)C1CCOC(c2ccc(Br)nc2)C1. The minimum atomic E-state index is -4.59. The second kappa shape index (κ2) is 7.28. The standard InChI is InChI=1S/C17H15BrF3NO3S/c18-16-5-4-11(10-22-16)15-9-14(6-7-25-15)26(23,24)13-3-1-2-12(8-13)17(19,20)21/h1-5,8,10,14-15H,6-7,9H2. The number of ether oxygens (including phenoxy) is 1. The van der Waals surface area contributed by atoms with Gasteiger partial charge in [-0.3, -0.25) is 0 Å². The molecule has 0 spiro atoms. The van der Waals surface area contributed by atoms with E-state index in [0.717, 1.165) is 17.7 Å². The Morgan fingerprint density at radius 1 is 1.19 bits per heavy atom. The molecule has 1 aromatic heterocycles. The quantitative estimate of drug-likeness (QED) is 0.644. The van der Waals surface area contributed by atoms with Crippen molar-refractivity contribution in [3.8, 4) is 0 Å². The number of nitrogens with zero attached hydrogens (tertiary/aromatic N) is 1. The first-order valence-corrected chi connectivity index (χ1v) is 10.2. The van der Waals surface area contributed by atoms with Crippen molar-refractivity contribution in [1.29, 1.82) is 0 Å². The van der Waals surface area contributed by atoms with Crippen molar-refractivity contribution in [1.82, 2.24) is 4.98 Å². The summed E-state index contributed by atoms with van der Waals surface area (Å²) in [5.41, 5.74) is -0.239. The summed E-state index contributed by atoms with van der Waals surface area (Å²) in [5, 5.41) is -0.812. The fourth-order valence-corrected chi connectivity index (χ4v) is 4.91. The van der Waals surface area contributed by atoms with E-state index in [9.17, 15) is 21.6 Å².